The van der Waals surface area contributed by atoms with Gasteiger partial charge in [0.15, 0.2) is 0 Å². The Kier molecular flexibility index (Phi) is 7.66. The lowest BCUT2D eigenvalue weighted by Gasteiger charge is -2.61. The Morgan fingerprint density at radius 2 is 1.85 bits per heavy atom. The second-order valence-corrected chi connectivity index (χ2v) is 12.1. The molecule has 5 rings (SSSR count). The quantitative estimate of drug-likeness (QED) is 0.388. The number of carbonyl (C=O) groups is 1. The van der Waals surface area contributed by atoms with Gasteiger partial charge in [-0.3, -0.25) is 4.79 Å². The minimum atomic E-state index is -4.41. The van der Waals surface area contributed by atoms with E-state index in [1.807, 2.05) is 19.2 Å². The maximum atomic E-state index is 12.9. The maximum Gasteiger partial charge on any atom is 0.416 e. The second-order valence-electron chi connectivity index (χ2n) is 12.1. The van der Waals surface area contributed by atoms with E-state index >= 15 is 0 Å². The van der Waals surface area contributed by atoms with Crippen LogP contribution in [0.15, 0.2) is 48.5 Å². The third-order valence-corrected chi connectivity index (χ3v) is 9.36. The summed E-state index contributed by atoms with van der Waals surface area (Å²) in [5, 5.41) is 3.10. The average Bonchev–Trinajstić information content (AvgIpc) is 3.75. The largest absolute Gasteiger partial charge is 0.497 e. The van der Waals surface area contributed by atoms with Gasteiger partial charge in [-0.25, -0.2) is 0 Å². The Balaban J connectivity index is 1.38. The molecule has 40 heavy (non-hydrogen) atoms. The van der Waals surface area contributed by atoms with Gasteiger partial charge in [-0.05, 0) is 74.1 Å². The van der Waals surface area contributed by atoms with E-state index in [4.69, 9.17) is 9.47 Å². The predicted molar refractivity (Wildman–Crippen MR) is 147 cm³/mol. The third kappa shape index (κ3) is 5.73. The van der Waals surface area contributed by atoms with Gasteiger partial charge in [0.1, 0.15) is 17.9 Å². The van der Waals surface area contributed by atoms with Crippen molar-refractivity contribution >= 4 is 5.91 Å². The van der Waals surface area contributed by atoms with Crippen LogP contribution >= 0.6 is 0 Å². The molecule has 2 saturated carbocycles. The molecule has 2 aliphatic carbocycles. The van der Waals surface area contributed by atoms with Crippen molar-refractivity contribution in [2.24, 2.45) is 5.92 Å². The fraction of sp³-hybridized carbons (Fsp3) is 0.531. The summed E-state index contributed by atoms with van der Waals surface area (Å²) in [4.78, 5) is 12.9. The van der Waals surface area contributed by atoms with Gasteiger partial charge in [0.05, 0.1) is 32.8 Å². The van der Waals surface area contributed by atoms with E-state index in [-0.39, 0.29) is 17.1 Å². The van der Waals surface area contributed by atoms with Gasteiger partial charge in [0, 0.05) is 42.4 Å². The highest BCUT2D eigenvalue weighted by Gasteiger charge is 2.63. The van der Waals surface area contributed by atoms with Gasteiger partial charge in [-0.1, -0.05) is 18.1 Å². The van der Waals surface area contributed by atoms with Crippen molar-refractivity contribution in [3.8, 4) is 17.6 Å². The number of likely N-dealkylation sites (N-methyl/N-ethyl adjacent to an activating group) is 1. The summed E-state index contributed by atoms with van der Waals surface area (Å²) in [5.74, 6) is 6.46. The Hall–Kier alpha value is -3.02. The van der Waals surface area contributed by atoms with E-state index in [2.05, 4.69) is 36.3 Å². The smallest absolute Gasteiger partial charge is 0.416 e. The van der Waals surface area contributed by atoms with Gasteiger partial charge in [-0.15, -0.1) is 0 Å². The molecule has 1 saturated heterocycles. The SMILES string of the molecule is COc1cccc([C@@]23CC[N@+](C)(CC4CC4)CC2(OC)CC[C@@H](NC(=O)C#Cc2ccc(C(F)(F)F)cc2)C3)c1. The molecule has 3 aliphatic rings. The lowest BCUT2D eigenvalue weighted by molar-refractivity contribution is -0.925. The maximum absolute atomic E-state index is 12.9. The molecule has 0 aromatic heterocycles. The monoisotopic (exact) mass is 555 g/mol. The fourth-order valence-electron chi connectivity index (χ4n) is 7.18. The summed E-state index contributed by atoms with van der Waals surface area (Å²) in [7, 11) is 5.86. The Morgan fingerprint density at radius 3 is 2.50 bits per heavy atom. The molecule has 5 nitrogen and oxygen atoms in total. The minimum Gasteiger partial charge on any atom is -0.497 e. The molecule has 1 amide bonds. The number of fused-ring (bicyclic) bond motifs is 1. The molecular weight excluding hydrogens is 517 g/mol. The van der Waals surface area contributed by atoms with E-state index in [1.165, 1.54) is 37.1 Å². The zero-order valence-corrected chi connectivity index (χ0v) is 23.4. The number of hydrogen-bond donors (Lipinski definition) is 1. The number of piperidine rings is 1. The number of benzene rings is 2. The highest BCUT2D eigenvalue weighted by Crippen LogP contribution is 2.55. The van der Waals surface area contributed by atoms with Gasteiger partial charge >= 0.3 is 6.18 Å². The summed E-state index contributed by atoms with van der Waals surface area (Å²) < 4.78 is 51.6. The van der Waals surface area contributed by atoms with Crippen LogP contribution in [-0.2, 0) is 21.1 Å². The van der Waals surface area contributed by atoms with Crippen molar-refractivity contribution in [2.75, 3.05) is 40.9 Å². The highest BCUT2D eigenvalue weighted by atomic mass is 19.4. The van der Waals surface area contributed by atoms with Gasteiger partial charge in [-0.2, -0.15) is 13.2 Å². The normalized spacial score (nSPS) is 30.0. The number of quaternary nitrogens is 1. The van der Waals surface area contributed by atoms with Crippen LogP contribution in [0.5, 0.6) is 5.75 Å². The van der Waals surface area contributed by atoms with Crippen molar-refractivity contribution in [1.29, 1.82) is 0 Å². The molecule has 4 atom stereocenters. The number of methoxy groups -OCH3 is 2. The number of halogens is 3. The van der Waals surface area contributed by atoms with Crippen molar-refractivity contribution in [3.63, 3.8) is 0 Å². The lowest BCUT2D eigenvalue weighted by Crippen LogP contribution is -2.72. The van der Waals surface area contributed by atoms with Crippen molar-refractivity contribution in [3.05, 3.63) is 65.2 Å². The van der Waals surface area contributed by atoms with Gasteiger partial charge in [0.2, 0.25) is 0 Å². The first kappa shape index (κ1) is 28.5. The number of alkyl halides is 3. The van der Waals surface area contributed by atoms with Crippen molar-refractivity contribution in [2.45, 2.75) is 61.8 Å². The third-order valence-electron chi connectivity index (χ3n) is 9.36. The molecule has 8 heteroatoms. The van der Waals surface area contributed by atoms with Crippen LogP contribution in [0.4, 0.5) is 13.2 Å². The molecule has 1 N–H and O–H groups in total. The van der Waals surface area contributed by atoms with Crippen LogP contribution in [0, 0.1) is 17.8 Å². The van der Waals surface area contributed by atoms with E-state index < -0.39 is 17.6 Å². The molecule has 2 aromatic rings. The van der Waals surface area contributed by atoms with Crippen LogP contribution < -0.4 is 10.1 Å². The van der Waals surface area contributed by atoms with E-state index in [1.54, 1.807) is 7.11 Å². The van der Waals surface area contributed by atoms with Crippen molar-refractivity contribution < 1.29 is 31.9 Å². The first-order valence-electron chi connectivity index (χ1n) is 14.0. The van der Waals surface area contributed by atoms with Crippen LogP contribution in [-0.4, -0.2) is 62.9 Å². The molecule has 1 aliphatic heterocycles. The number of likely N-dealkylation sites (tertiary alicyclic amines) is 1. The number of rotatable bonds is 6. The Bertz CT molecular complexity index is 1300. The molecule has 0 bridgehead atoms. The second kappa shape index (κ2) is 10.8. The molecular formula is C32H38F3N2O3+. The van der Waals surface area contributed by atoms with Crippen molar-refractivity contribution in [1.82, 2.24) is 5.32 Å². The Morgan fingerprint density at radius 1 is 1.10 bits per heavy atom. The zero-order valence-electron chi connectivity index (χ0n) is 23.4. The number of carbonyl (C=O) groups excluding carboxylic acids is 1. The molecule has 0 spiro atoms. The van der Waals surface area contributed by atoms with E-state index in [0.717, 1.165) is 60.6 Å². The number of ether oxygens (including phenoxy) is 2. The average molecular weight is 556 g/mol. The topological polar surface area (TPSA) is 47.6 Å². The van der Waals surface area contributed by atoms with E-state index in [0.29, 0.717) is 12.0 Å². The van der Waals surface area contributed by atoms with Crippen LogP contribution in [0.3, 0.4) is 0 Å². The highest BCUT2D eigenvalue weighted by molar-refractivity contribution is 5.94. The van der Waals surface area contributed by atoms with Gasteiger partial charge in [0.25, 0.3) is 5.91 Å². The number of nitrogens with zero attached hydrogens (tertiary/aromatic N) is 1. The molecule has 2 aromatic carbocycles. The number of nitrogens with one attached hydrogen (secondary N) is 1. The van der Waals surface area contributed by atoms with Crippen LogP contribution in [0.2, 0.25) is 0 Å². The Labute approximate surface area is 234 Å². The minimum absolute atomic E-state index is 0.107. The first-order chi connectivity index (χ1) is 19.0. The summed E-state index contributed by atoms with van der Waals surface area (Å²) in [6.07, 6.45) is 1.43. The summed E-state index contributed by atoms with van der Waals surface area (Å²) >= 11 is 0. The number of hydrogen-bond acceptors (Lipinski definition) is 3. The summed E-state index contributed by atoms with van der Waals surface area (Å²) in [5.41, 5.74) is 0.0935. The summed E-state index contributed by atoms with van der Waals surface area (Å²) in [6, 6.07) is 12.6. The summed E-state index contributed by atoms with van der Waals surface area (Å²) in [6.45, 7) is 3.14. The standard InChI is InChI=1S/C32H37F3N2O3/c1-37(21-24-7-8-24)18-17-30(26-5-4-6-28(19-26)39-2)20-27(15-16-31(30,22-37)40-3)36-29(38)14-11-23-9-12-25(13-10-23)32(33,34)35/h4-6,9-10,12-13,19,24,27H,7-8,15-18,20-22H2,1-3H3/p+1/t27-,30+,31?,37-/m1/s1. The predicted octanol–water partition coefficient (Wildman–Crippen LogP) is 5.32. The molecule has 1 heterocycles. The van der Waals surface area contributed by atoms with Gasteiger partial charge < -0.3 is 19.3 Å². The first-order valence-corrected chi connectivity index (χ1v) is 14.0. The number of amides is 1. The molecule has 1 unspecified atom stereocenters. The van der Waals surface area contributed by atoms with Crippen LogP contribution in [0.25, 0.3) is 0 Å². The molecule has 3 fully saturated rings. The molecule has 0 radical (unpaired) electrons. The lowest BCUT2D eigenvalue weighted by atomic mass is 9.54. The fourth-order valence-corrected chi connectivity index (χ4v) is 7.18. The zero-order chi connectivity index (χ0) is 28.6. The molecule has 214 valence electrons. The van der Waals surface area contributed by atoms with E-state index in [9.17, 15) is 18.0 Å². The van der Waals surface area contributed by atoms with Crippen LogP contribution in [0.1, 0.15) is 55.2 Å².